The summed E-state index contributed by atoms with van der Waals surface area (Å²) in [4.78, 5) is 17.9. The van der Waals surface area contributed by atoms with Crippen LogP contribution in [0, 0.1) is 6.92 Å². The lowest BCUT2D eigenvalue weighted by Gasteiger charge is -2.11. The van der Waals surface area contributed by atoms with Crippen molar-refractivity contribution in [2.45, 2.75) is 20.3 Å². The molecule has 6 heteroatoms. The van der Waals surface area contributed by atoms with Crippen LogP contribution in [0.1, 0.15) is 34.8 Å². The predicted molar refractivity (Wildman–Crippen MR) is 126 cm³/mol. The van der Waals surface area contributed by atoms with Crippen LogP contribution in [0.15, 0.2) is 77.9 Å². The fourth-order valence-electron chi connectivity index (χ4n) is 3.62. The number of hydrogen-bond donors (Lipinski definition) is 3. The Morgan fingerprint density at radius 3 is 2.50 bits per heavy atom. The van der Waals surface area contributed by atoms with E-state index in [9.17, 15) is 15.0 Å². The lowest BCUT2D eigenvalue weighted by molar-refractivity contribution is 0.0956. The van der Waals surface area contributed by atoms with Crippen molar-refractivity contribution in [1.29, 1.82) is 0 Å². The third-order valence-corrected chi connectivity index (χ3v) is 5.30. The number of aromatic nitrogens is 1. The van der Waals surface area contributed by atoms with Crippen LogP contribution >= 0.6 is 0 Å². The molecule has 0 aliphatic heterocycles. The molecule has 0 atom stereocenters. The van der Waals surface area contributed by atoms with E-state index in [4.69, 9.17) is 4.98 Å². The van der Waals surface area contributed by atoms with E-state index in [1.165, 1.54) is 18.2 Å². The van der Waals surface area contributed by atoms with Gasteiger partial charge in [-0.3, -0.25) is 4.79 Å². The molecule has 4 aromatic rings. The number of aryl methyl sites for hydroxylation is 1. The molecule has 4 rings (SSSR count). The highest BCUT2D eigenvalue weighted by atomic mass is 16.3. The van der Waals surface area contributed by atoms with Crippen molar-refractivity contribution in [1.82, 2.24) is 10.4 Å². The summed E-state index contributed by atoms with van der Waals surface area (Å²) in [6.45, 7) is 3.86. The summed E-state index contributed by atoms with van der Waals surface area (Å²) in [5.41, 5.74) is 7.31. The first-order chi connectivity index (χ1) is 15.5. The summed E-state index contributed by atoms with van der Waals surface area (Å²) in [5, 5.41) is 24.9. The molecule has 0 aliphatic carbocycles. The summed E-state index contributed by atoms with van der Waals surface area (Å²) in [7, 11) is 0. The van der Waals surface area contributed by atoms with Crippen molar-refractivity contribution in [3.05, 3.63) is 89.5 Å². The van der Waals surface area contributed by atoms with Gasteiger partial charge in [0.05, 0.1) is 22.5 Å². The second-order valence-electron chi connectivity index (χ2n) is 7.44. The zero-order valence-corrected chi connectivity index (χ0v) is 17.8. The molecule has 0 radical (unpaired) electrons. The zero-order valence-electron chi connectivity index (χ0n) is 17.8. The Kier molecular flexibility index (Phi) is 5.85. The third kappa shape index (κ3) is 4.16. The number of hydrogen-bond acceptors (Lipinski definition) is 5. The van der Waals surface area contributed by atoms with Gasteiger partial charge >= 0.3 is 0 Å². The van der Waals surface area contributed by atoms with E-state index in [-0.39, 0.29) is 17.4 Å². The third-order valence-electron chi connectivity index (χ3n) is 5.30. The van der Waals surface area contributed by atoms with E-state index in [0.29, 0.717) is 34.5 Å². The van der Waals surface area contributed by atoms with Crippen LogP contribution in [-0.4, -0.2) is 26.8 Å². The number of carbonyl (C=O) groups is 1. The Bertz CT molecular complexity index is 1350. The van der Waals surface area contributed by atoms with E-state index >= 15 is 0 Å². The second kappa shape index (κ2) is 8.89. The molecular weight excluding hydrogens is 402 g/mol. The van der Waals surface area contributed by atoms with Crippen LogP contribution in [0.25, 0.3) is 22.2 Å². The summed E-state index contributed by atoms with van der Waals surface area (Å²) < 4.78 is 0. The maximum Gasteiger partial charge on any atom is 0.272 e. The standard InChI is InChI=1S/C26H23N3O3/c1-3-22(21-14-17(30)12-13-25(21)31)28-29-26(32)20-15-24(18-9-5-4-8-16(18)2)27-23-11-7-6-10-19(20)23/h4-15,30-31H,3H2,1-2H3,(H,29,32)/b28-22-. The van der Waals surface area contributed by atoms with Crippen LogP contribution in [0.3, 0.4) is 0 Å². The van der Waals surface area contributed by atoms with Crippen molar-refractivity contribution in [2.24, 2.45) is 5.10 Å². The molecule has 0 saturated heterocycles. The van der Waals surface area contributed by atoms with E-state index < -0.39 is 0 Å². The maximum atomic E-state index is 13.2. The Morgan fingerprint density at radius 2 is 1.72 bits per heavy atom. The molecule has 1 aromatic heterocycles. The first-order valence-corrected chi connectivity index (χ1v) is 10.3. The average molecular weight is 425 g/mol. The van der Waals surface area contributed by atoms with Crippen molar-refractivity contribution in [2.75, 3.05) is 0 Å². The molecule has 0 bridgehead atoms. The Hall–Kier alpha value is -4.19. The van der Waals surface area contributed by atoms with Crippen molar-refractivity contribution < 1.29 is 15.0 Å². The zero-order chi connectivity index (χ0) is 22.7. The molecule has 160 valence electrons. The Morgan fingerprint density at radius 1 is 0.969 bits per heavy atom. The highest BCUT2D eigenvalue weighted by molar-refractivity contribution is 6.08. The number of hydrazone groups is 1. The SMILES string of the molecule is CC/C(=N/NC(=O)c1cc(-c2ccccc2C)nc2ccccc12)c1cc(O)ccc1O. The van der Waals surface area contributed by atoms with Gasteiger partial charge in [0.1, 0.15) is 11.5 Å². The molecule has 3 aromatic carbocycles. The van der Waals surface area contributed by atoms with Crippen LogP contribution in [0.2, 0.25) is 0 Å². The highest BCUT2D eigenvalue weighted by Gasteiger charge is 2.15. The van der Waals surface area contributed by atoms with Gasteiger partial charge in [0, 0.05) is 16.5 Å². The van der Waals surface area contributed by atoms with E-state index in [1.807, 2.05) is 62.4 Å². The molecule has 0 aliphatic rings. The number of aromatic hydroxyl groups is 2. The van der Waals surface area contributed by atoms with E-state index in [1.54, 1.807) is 6.07 Å². The molecule has 1 heterocycles. The minimum absolute atomic E-state index is 0.00766. The van der Waals surface area contributed by atoms with Crippen LogP contribution in [0.5, 0.6) is 11.5 Å². The van der Waals surface area contributed by atoms with E-state index in [2.05, 4.69) is 10.5 Å². The minimum atomic E-state index is -0.385. The number of para-hydroxylation sites is 1. The van der Waals surface area contributed by atoms with Crippen LogP contribution in [0.4, 0.5) is 0 Å². The number of benzene rings is 3. The van der Waals surface area contributed by atoms with Gasteiger partial charge in [-0.2, -0.15) is 5.10 Å². The number of carbonyl (C=O) groups excluding carboxylic acids is 1. The van der Waals surface area contributed by atoms with Gasteiger partial charge < -0.3 is 10.2 Å². The van der Waals surface area contributed by atoms with Gasteiger partial charge in [-0.25, -0.2) is 10.4 Å². The highest BCUT2D eigenvalue weighted by Crippen LogP contribution is 2.27. The van der Waals surface area contributed by atoms with Gasteiger partial charge in [0.2, 0.25) is 0 Å². The summed E-state index contributed by atoms with van der Waals surface area (Å²) >= 11 is 0. The molecule has 0 unspecified atom stereocenters. The van der Waals surface area contributed by atoms with Gasteiger partial charge in [0.25, 0.3) is 5.91 Å². The van der Waals surface area contributed by atoms with Gasteiger partial charge in [-0.15, -0.1) is 0 Å². The fraction of sp³-hybridized carbons (Fsp3) is 0.115. The quantitative estimate of drug-likeness (QED) is 0.234. The molecule has 32 heavy (non-hydrogen) atoms. The van der Waals surface area contributed by atoms with Crippen molar-refractivity contribution in [3.8, 4) is 22.8 Å². The average Bonchev–Trinajstić information content (AvgIpc) is 2.81. The van der Waals surface area contributed by atoms with Crippen LogP contribution in [-0.2, 0) is 0 Å². The van der Waals surface area contributed by atoms with Gasteiger partial charge in [-0.1, -0.05) is 49.4 Å². The molecule has 0 saturated carbocycles. The predicted octanol–water partition coefficient (Wildman–Crippen LogP) is 5.17. The number of amides is 1. The lowest BCUT2D eigenvalue weighted by Crippen LogP contribution is -2.20. The fourth-order valence-corrected chi connectivity index (χ4v) is 3.62. The number of fused-ring (bicyclic) bond motifs is 1. The normalized spacial score (nSPS) is 11.5. The van der Waals surface area contributed by atoms with Crippen molar-refractivity contribution in [3.63, 3.8) is 0 Å². The Labute approximate surface area is 185 Å². The Balaban J connectivity index is 1.75. The van der Waals surface area contributed by atoms with Gasteiger partial charge in [0.15, 0.2) is 0 Å². The summed E-state index contributed by atoms with van der Waals surface area (Å²) in [6.07, 6.45) is 0.447. The maximum absolute atomic E-state index is 13.2. The summed E-state index contributed by atoms with van der Waals surface area (Å²) in [6, 6.07) is 21.3. The summed E-state index contributed by atoms with van der Waals surface area (Å²) in [5.74, 6) is -0.397. The largest absolute Gasteiger partial charge is 0.508 e. The van der Waals surface area contributed by atoms with E-state index in [0.717, 1.165) is 16.5 Å². The monoisotopic (exact) mass is 425 g/mol. The number of rotatable bonds is 5. The number of pyridine rings is 1. The molecule has 3 N–H and O–H groups in total. The first-order valence-electron chi connectivity index (χ1n) is 10.3. The van der Waals surface area contributed by atoms with Gasteiger partial charge in [-0.05, 0) is 49.2 Å². The minimum Gasteiger partial charge on any atom is -0.508 e. The number of phenolic OH excluding ortho intramolecular Hbond substituents is 2. The number of nitrogens with one attached hydrogen (secondary N) is 1. The topological polar surface area (TPSA) is 94.8 Å². The molecular formula is C26H23N3O3. The molecule has 6 nitrogen and oxygen atoms in total. The molecule has 0 fully saturated rings. The molecule has 1 amide bonds. The number of nitrogens with zero attached hydrogens (tertiary/aromatic N) is 2. The molecule has 0 spiro atoms. The van der Waals surface area contributed by atoms with Crippen LogP contribution < -0.4 is 5.43 Å². The smallest absolute Gasteiger partial charge is 0.272 e. The second-order valence-corrected chi connectivity index (χ2v) is 7.44. The van der Waals surface area contributed by atoms with Crippen molar-refractivity contribution >= 4 is 22.5 Å². The first kappa shape index (κ1) is 21.1. The number of phenols is 2. The lowest BCUT2D eigenvalue weighted by atomic mass is 10.0.